The zero-order chi connectivity index (χ0) is 21.9. The van der Waals surface area contributed by atoms with E-state index in [1.165, 1.54) is 5.56 Å². The van der Waals surface area contributed by atoms with E-state index in [2.05, 4.69) is 42.2 Å². The van der Waals surface area contributed by atoms with E-state index in [9.17, 15) is 0 Å². The Kier molecular flexibility index (Phi) is 5.93. The summed E-state index contributed by atoms with van der Waals surface area (Å²) in [6.45, 7) is 5.55. The van der Waals surface area contributed by atoms with Crippen LogP contribution in [-0.2, 0) is 13.1 Å². The van der Waals surface area contributed by atoms with Crippen LogP contribution in [0.15, 0.2) is 42.5 Å². The molecule has 0 saturated carbocycles. The molecule has 0 atom stereocenters. The molecule has 2 aromatic carbocycles. The Bertz CT molecular complexity index is 1110. The summed E-state index contributed by atoms with van der Waals surface area (Å²) in [4.78, 5) is 17.8. The van der Waals surface area contributed by atoms with Gasteiger partial charge < -0.3 is 20.5 Å². The van der Waals surface area contributed by atoms with Crippen molar-refractivity contribution in [3.05, 3.63) is 58.9 Å². The molecule has 10 heteroatoms. The fraction of sp³-hybridized carbons (Fsp3) is 0.318. The Balaban J connectivity index is 1.17. The van der Waals surface area contributed by atoms with E-state index in [-0.39, 0.29) is 5.95 Å². The summed E-state index contributed by atoms with van der Waals surface area (Å²) in [5.41, 5.74) is 7.87. The molecule has 0 radical (unpaired) electrons. The first kappa shape index (κ1) is 20.7. The molecule has 0 unspecified atom stereocenters. The smallest absolute Gasteiger partial charge is 0.232 e. The average Bonchev–Trinajstić information content (AvgIpc) is 3.24. The zero-order valence-electron chi connectivity index (χ0n) is 17.5. The van der Waals surface area contributed by atoms with E-state index in [4.69, 9.17) is 26.8 Å². The van der Waals surface area contributed by atoms with Crippen LogP contribution in [0.2, 0.25) is 5.02 Å². The van der Waals surface area contributed by atoms with Crippen molar-refractivity contribution in [3.63, 3.8) is 0 Å². The number of para-hydroxylation sites is 1. The van der Waals surface area contributed by atoms with Gasteiger partial charge in [-0.15, -0.1) is 0 Å². The van der Waals surface area contributed by atoms with Crippen molar-refractivity contribution in [2.75, 3.05) is 44.0 Å². The predicted molar refractivity (Wildman–Crippen MR) is 122 cm³/mol. The molecular weight excluding hydrogens is 430 g/mol. The molecule has 2 aliphatic heterocycles. The van der Waals surface area contributed by atoms with Gasteiger partial charge >= 0.3 is 0 Å². The summed E-state index contributed by atoms with van der Waals surface area (Å²) in [5.74, 6) is 2.86. The van der Waals surface area contributed by atoms with E-state index < -0.39 is 0 Å². The number of nitrogen functional groups attached to an aromatic ring is 1. The monoisotopic (exact) mass is 453 g/mol. The topological polar surface area (TPSA) is 102 Å². The van der Waals surface area contributed by atoms with Crippen molar-refractivity contribution in [1.29, 1.82) is 0 Å². The van der Waals surface area contributed by atoms with E-state index in [0.29, 0.717) is 30.1 Å². The summed E-state index contributed by atoms with van der Waals surface area (Å²) in [6.07, 6.45) is 0. The number of ether oxygens (including phenoxy) is 2. The third kappa shape index (κ3) is 4.85. The number of nitrogens with two attached hydrogens (primary N) is 1. The molecule has 1 fully saturated rings. The minimum absolute atomic E-state index is 0.186. The van der Waals surface area contributed by atoms with Crippen molar-refractivity contribution in [1.82, 2.24) is 24.8 Å². The molecule has 0 aliphatic carbocycles. The number of aromatic nitrogens is 3. The Labute approximate surface area is 191 Å². The fourth-order valence-corrected chi connectivity index (χ4v) is 4.03. The van der Waals surface area contributed by atoms with Crippen LogP contribution in [0.25, 0.3) is 0 Å². The number of hydrogen-bond donors (Lipinski definition) is 2. The minimum atomic E-state index is 0.186. The van der Waals surface area contributed by atoms with Crippen LogP contribution in [-0.4, -0.2) is 57.7 Å². The van der Waals surface area contributed by atoms with Crippen molar-refractivity contribution >= 4 is 29.2 Å². The van der Waals surface area contributed by atoms with Crippen molar-refractivity contribution in [2.45, 2.75) is 13.1 Å². The van der Waals surface area contributed by atoms with Gasteiger partial charge in [-0.3, -0.25) is 9.80 Å². The van der Waals surface area contributed by atoms with Crippen LogP contribution in [0.1, 0.15) is 11.4 Å². The molecule has 0 bridgehead atoms. The maximum atomic E-state index is 6.22. The van der Waals surface area contributed by atoms with Crippen LogP contribution < -0.4 is 20.5 Å². The Morgan fingerprint density at radius 1 is 0.906 bits per heavy atom. The molecule has 166 valence electrons. The van der Waals surface area contributed by atoms with Crippen LogP contribution >= 0.6 is 11.6 Å². The lowest BCUT2D eigenvalue weighted by Crippen LogP contribution is -2.45. The zero-order valence-corrected chi connectivity index (χ0v) is 18.3. The van der Waals surface area contributed by atoms with Gasteiger partial charge in [0.05, 0.1) is 17.3 Å². The van der Waals surface area contributed by atoms with Gasteiger partial charge in [-0.2, -0.15) is 15.0 Å². The molecule has 1 aromatic heterocycles. The van der Waals surface area contributed by atoms with E-state index >= 15 is 0 Å². The number of piperazine rings is 1. The lowest BCUT2D eigenvalue weighted by Gasteiger charge is -2.34. The van der Waals surface area contributed by atoms with Gasteiger partial charge in [0.25, 0.3) is 0 Å². The number of nitrogens with zero attached hydrogens (tertiary/aromatic N) is 5. The van der Waals surface area contributed by atoms with E-state index in [0.717, 1.165) is 49.9 Å². The number of fused-ring (bicyclic) bond motifs is 1. The molecule has 2 aliphatic rings. The second kappa shape index (κ2) is 9.15. The van der Waals surface area contributed by atoms with Gasteiger partial charge in [0.15, 0.2) is 11.5 Å². The summed E-state index contributed by atoms with van der Waals surface area (Å²) in [6, 6.07) is 13.6. The van der Waals surface area contributed by atoms with E-state index in [1.54, 1.807) is 6.07 Å². The predicted octanol–water partition coefficient (Wildman–Crippen LogP) is 2.90. The normalized spacial score (nSPS) is 16.3. The van der Waals surface area contributed by atoms with Crippen LogP contribution in [0.5, 0.6) is 11.5 Å². The summed E-state index contributed by atoms with van der Waals surface area (Å²) in [5, 5.41) is 3.71. The number of rotatable bonds is 6. The third-order valence-electron chi connectivity index (χ3n) is 5.49. The summed E-state index contributed by atoms with van der Waals surface area (Å²) < 4.78 is 10.9. The standard InChI is InChI=1S/C22H24ClN7O2/c23-16-3-1-2-4-17(16)25-22-27-20(26-21(24)28-22)13-30-9-7-29(8-10-30)12-15-5-6-18-19(11-15)32-14-31-18/h1-6,11H,7-10,12-14H2,(H3,24,25,26,27,28). The molecule has 0 spiro atoms. The van der Waals surface area contributed by atoms with Gasteiger partial charge in [0.1, 0.15) is 5.82 Å². The fourth-order valence-electron chi connectivity index (χ4n) is 3.85. The Morgan fingerprint density at radius 2 is 1.66 bits per heavy atom. The van der Waals surface area contributed by atoms with Crippen LogP contribution in [0.3, 0.4) is 0 Å². The highest BCUT2D eigenvalue weighted by Gasteiger charge is 2.20. The molecule has 3 aromatic rings. The van der Waals surface area contributed by atoms with Crippen molar-refractivity contribution in [2.24, 2.45) is 0 Å². The maximum absolute atomic E-state index is 6.22. The first-order valence-corrected chi connectivity index (χ1v) is 10.9. The van der Waals surface area contributed by atoms with Crippen molar-refractivity contribution in [3.8, 4) is 11.5 Å². The highest BCUT2D eigenvalue weighted by molar-refractivity contribution is 6.33. The Morgan fingerprint density at radius 3 is 2.47 bits per heavy atom. The highest BCUT2D eigenvalue weighted by atomic mass is 35.5. The highest BCUT2D eigenvalue weighted by Crippen LogP contribution is 2.33. The molecule has 32 heavy (non-hydrogen) atoms. The average molecular weight is 454 g/mol. The number of hydrogen-bond acceptors (Lipinski definition) is 9. The molecule has 9 nitrogen and oxygen atoms in total. The van der Waals surface area contributed by atoms with Gasteiger partial charge in [-0.25, -0.2) is 0 Å². The molecule has 1 saturated heterocycles. The number of nitrogens with one attached hydrogen (secondary N) is 1. The number of halogens is 1. The Hall–Kier alpha value is -3.14. The van der Waals surface area contributed by atoms with Gasteiger partial charge in [-0.1, -0.05) is 29.8 Å². The van der Waals surface area contributed by atoms with Gasteiger partial charge in [-0.05, 0) is 29.8 Å². The number of benzene rings is 2. The van der Waals surface area contributed by atoms with Crippen LogP contribution in [0, 0.1) is 0 Å². The number of anilines is 3. The van der Waals surface area contributed by atoms with Gasteiger partial charge in [0.2, 0.25) is 18.7 Å². The molecule has 3 heterocycles. The van der Waals surface area contributed by atoms with Gasteiger partial charge in [0, 0.05) is 32.7 Å². The quantitative estimate of drug-likeness (QED) is 0.583. The SMILES string of the molecule is Nc1nc(CN2CCN(Cc3ccc4c(c3)OCO4)CC2)nc(Nc2ccccc2Cl)n1. The maximum Gasteiger partial charge on any atom is 0.232 e. The second-order valence-corrected chi connectivity index (χ2v) is 8.19. The lowest BCUT2D eigenvalue weighted by molar-refractivity contribution is 0.120. The minimum Gasteiger partial charge on any atom is -0.454 e. The molecular formula is C22H24ClN7O2. The summed E-state index contributed by atoms with van der Waals surface area (Å²) >= 11 is 6.22. The van der Waals surface area contributed by atoms with Crippen molar-refractivity contribution < 1.29 is 9.47 Å². The summed E-state index contributed by atoms with van der Waals surface area (Å²) in [7, 11) is 0. The lowest BCUT2D eigenvalue weighted by atomic mass is 10.1. The van der Waals surface area contributed by atoms with Crippen LogP contribution in [0.4, 0.5) is 17.6 Å². The first-order chi connectivity index (χ1) is 15.6. The largest absolute Gasteiger partial charge is 0.454 e. The molecule has 0 amide bonds. The van der Waals surface area contributed by atoms with E-state index in [1.807, 2.05) is 24.3 Å². The third-order valence-corrected chi connectivity index (χ3v) is 5.82. The molecule has 3 N–H and O–H groups in total. The second-order valence-electron chi connectivity index (χ2n) is 7.78. The first-order valence-electron chi connectivity index (χ1n) is 10.5. The molecule has 5 rings (SSSR count).